The van der Waals surface area contributed by atoms with Gasteiger partial charge in [0.1, 0.15) is 24.2 Å². The minimum atomic E-state index is -5.14. The van der Waals surface area contributed by atoms with E-state index in [0.29, 0.717) is 19.3 Å². The SMILES string of the molecule is CCCC[C@H](NC(=O)[C@H](C)NC(=O)[C@H](C)N)C(=O)NCC(=O)N[C@@H](CC(C)C)C(=O)N1CCC[C@H]1C(=O)NCCCNOC(=O)C(F)(F)F. The van der Waals surface area contributed by atoms with Gasteiger partial charge in [0, 0.05) is 19.6 Å². The van der Waals surface area contributed by atoms with Crippen molar-refractivity contribution in [2.45, 2.75) is 116 Å². The summed E-state index contributed by atoms with van der Waals surface area (Å²) in [4.78, 5) is 92.8. The fourth-order valence-electron chi connectivity index (χ4n) is 4.78. The van der Waals surface area contributed by atoms with Gasteiger partial charge in [-0.05, 0) is 51.9 Å². The molecule has 49 heavy (non-hydrogen) atoms. The summed E-state index contributed by atoms with van der Waals surface area (Å²) in [5.74, 6) is -5.82. The van der Waals surface area contributed by atoms with Gasteiger partial charge in [0.05, 0.1) is 12.6 Å². The van der Waals surface area contributed by atoms with Gasteiger partial charge < -0.3 is 42.1 Å². The molecule has 6 amide bonds. The molecular formula is C30H51F3N8O8. The molecule has 1 heterocycles. The number of nitrogens with one attached hydrogen (secondary N) is 6. The zero-order valence-electron chi connectivity index (χ0n) is 28.7. The molecule has 0 bridgehead atoms. The van der Waals surface area contributed by atoms with E-state index >= 15 is 0 Å². The van der Waals surface area contributed by atoms with Crippen LogP contribution in [-0.2, 0) is 38.4 Å². The Kier molecular flexibility index (Phi) is 18.6. The number of rotatable bonds is 20. The molecule has 1 saturated heterocycles. The number of carbonyl (C=O) groups excluding carboxylic acids is 7. The summed E-state index contributed by atoms with van der Waals surface area (Å²) in [6.07, 6.45) is -2.29. The molecule has 19 heteroatoms. The van der Waals surface area contributed by atoms with Crippen LogP contribution in [0.4, 0.5) is 13.2 Å². The van der Waals surface area contributed by atoms with Crippen LogP contribution in [0.3, 0.4) is 0 Å². The van der Waals surface area contributed by atoms with Crippen LogP contribution in [0.5, 0.6) is 0 Å². The van der Waals surface area contributed by atoms with Crippen molar-refractivity contribution < 1.29 is 51.6 Å². The molecule has 0 aromatic heterocycles. The third-order valence-electron chi connectivity index (χ3n) is 7.40. The number of carbonyl (C=O) groups is 7. The first kappa shape index (κ1) is 43.0. The maximum Gasteiger partial charge on any atom is 0.492 e. The predicted octanol–water partition coefficient (Wildman–Crippen LogP) is -0.732. The number of halogens is 3. The van der Waals surface area contributed by atoms with Gasteiger partial charge in [-0.1, -0.05) is 33.6 Å². The number of nitrogens with two attached hydrogens (primary N) is 1. The van der Waals surface area contributed by atoms with Crippen molar-refractivity contribution in [1.29, 1.82) is 0 Å². The number of likely N-dealkylation sites (tertiary alicyclic amines) is 1. The Morgan fingerprint density at radius 1 is 0.878 bits per heavy atom. The largest absolute Gasteiger partial charge is 0.492 e. The van der Waals surface area contributed by atoms with E-state index < -0.39 is 84.3 Å². The highest BCUT2D eigenvalue weighted by Gasteiger charge is 2.41. The minimum Gasteiger partial charge on any atom is -0.364 e. The summed E-state index contributed by atoms with van der Waals surface area (Å²) in [5, 5.41) is 12.8. The van der Waals surface area contributed by atoms with Gasteiger partial charge in [-0.25, -0.2) is 4.79 Å². The van der Waals surface area contributed by atoms with Crippen molar-refractivity contribution in [2.24, 2.45) is 11.7 Å². The lowest BCUT2D eigenvalue weighted by Crippen LogP contribution is -2.56. The Hall–Kier alpha value is -4.00. The molecule has 5 atom stereocenters. The summed E-state index contributed by atoms with van der Waals surface area (Å²) < 4.78 is 36.5. The average Bonchev–Trinajstić information content (AvgIpc) is 3.52. The fourth-order valence-corrected chi connectivity index (χ4v) is 4.78. The Morgan fingerprint density at radius 2 is 1.55 bits per heavy atom. The molecule has 0 aliphatic carbocycles. The van der Waals surface area contributed by atoms with Crippen LogP contribution in [0.1, 0.15) is 79.6 Å². The number of nitrogens with zero attached hydrogens (tertiary/aromatic N) is 1. The lowest BCUT2D eigenvalue weighted by molar-refractivity contribution is -0.206. The topological polar surface area (TPSA) is 230 Å². The van der Waals surface area contributed by atoms with Crippen LogP contribution < -0.4 is 37.8 Å². The third-order valence-corrected chi connectivity index (χ3v) is 7.40. The lowest BCUT2D eigenvalue weighted by Gasteiger charge is -2.29. The highest BCUT2D eigenvalue weighted by molar-refractivity contribution is 5.95. The van der Waals surface area contributed by atoms with Crippen LogP contribution >= 0.6 is 0 Å². The molecule has 1 aliphatic heterocycles. The van der Waals surface area contributed by atoms with Crippen LogP contribution in [0.2, 0.25) is 0 Å². The molecule has 1 aliphatic rings. The van der Waals surface area contributed by atoms with Gasteiger partial charge in [-0.3, -0.25) is 28.8 Å². The molecule has 16 nitrogen and oxygen atoms in total. The Morgan fingerprint density at radius 3 is 2.14 bits per heavy atom. The fraction of sp³-hybridized carbons (Fsp3) is 0.767. The zero-order valence-corrected chi connectivity index (χ0v) is 28.7. The van der Waals surface area contributed by atoms with Crippen LogP contribution in [0.25, 0.3) is 0 Å². The molecule has 0 radical (unpaired) electrons. The average molecular weight is 709 g/mol. The molecule has 0 aromatic carbocycles. The molecule has 0 aromatic rings. The van der Waals surface area contributed by atoms with E-state index in [4.69, 9.17) is 5.73 Å². The Labute approximate surface area is 283 Å². The van der Waals surface area contributed by atoms with E-state index in [2.05, 4.69) is 31.4 Å². The molecule has 1 rings (SSSR count). The van der Waals surface area contributed by atoms with Crippen LogP contribution in [0.15, 0.2) is 0 Å². The van der Waals surface area contributed by atoms with Crippen LogP contribution in [-0.4, -0.2) is 109 Å². The van der Waals surface area contributed by atoms with E-state index in [1.54, 1.807) is 0 Å². The monoisotopic (exact) mass is 708 g/mol. The number of amides is 6. The van der Waals surface area contributed by atoms with Crippen molar-refractivity contribution in [1.82, 2.24) is 37.0 Å². The molecule has 1 fully saturated rings. The summed E-state index contributed by atoms with van der Waals surface area (Å²) in [5.41, 5.74) is 7.40. The Bertz CT molecular complexity index is 1150. The quantitative estimate of drug-likeness (QED) is 0.0619. The molecule has 0 spiro atoms. The van der Waals surface area contributed by atoms with Crippen LogP contribution in [0, 0.1) is 5.92 Å². The van der Waals surface area contributed by atoms with Crippen molar-refractivity contribution in [3.05, 3.63) is 0 Å². The van der Waals surface area contributed by atoms with Gasteiger partial charge >= 0.3 is 12.1 Å². The number of hydroxylamine groups is 1. The first-order valence-corrected chi connectivity index (χ1v) is 16.4. The van der Waals surface area contributed by atoms with Crippen molar-refractivity contribution in [3.63, 3.8) is 0 Å². The van der Waals surface area contributed by atoms with E-state index in [1.807, 2.05) is 26.3 Å². The molecule has 0 unspecified atom stereocenters. The minimum absolute atomic E-state index is 0.0277. The van der Waals surface area contributed by atoms with Gasteiger partial charge in [-0.2, -0.15) is 18.7 Å². The lowest BCUT2D eigenvalue weighted by atomic mass is 10.0. The third kappa shape index (κ3) is 15.8. The first-order valence-electron chi connectivity index (χ1n) is 16.4. The number of hydrogen-bond acceptors (Lipinski definition) is 10. The molecule has 8 N–H and O–H groups in total. The second-order valence-electron chi connectivity index (χ2n) is 12.3. The normalized spacial score (nSPS) is 16.9. The van der Waals surface area contributed by atoms with Gasteiger partial charge in [0.25, 0.3) is 0 Å². The second kappa shape index (κ2) is 21.2. The van der Waals surface area contributed by atoms with Crippen molar-refractivity contribution in [2.75, 3.05) is 26.2 Å². The standard InChI is InChI=1S/C30H51F3N8O8/c1-6-7-10-20(40-25(44)19(5)38-24(43)18(4)34)26(45)36-16-23(42)39-21(15-17(2)3)28(47)41-14-8-11-22(41)27(46)35-12-9-13-37-49-29(48)30(31,32)33/h17-22,37H,6-16,34H2,1-5H3,(H,35,46)(H,36,45)(H,38,43)(H,39,42)(H,40,44)/t18-,19-,20-,21-,22-/m0/s1. The van der Waals surface area contributed by atoms with E-state index in [-0.39, 0.29) is 44.8 Å². The first-order chi connectivity index (χ1) is 22.9. The maximum absolute atomic E-state index is 13.6. The molecule has 280 valence electrons. The molecule has 0 saturated carbocycles. The highest BCUT2D eigenvalue weighted by Crippen LogP contribution is 2.20. The highest BCUT2D eigenvalue weighted by atomic mass is 19.4. The van der Waals surface area contributed by atoms with E-state index in [9.17, 15) is 46.7 Å². The van der Waals surface area contributed by atoms with Gasteiger partial charge in [0.2, 0.25) is 35.4 Å². The summed E-state index contributed by atoms with van der Waals surface area (Å²) in [6.45, 7) is 8.14. The summed E-state index contributed by atoms with van der Waals surface area (Å²) >= 11 is 0. The van der Waals surface area contributed by atoms with E-state index in [0.717, 1.165) is 6.42 Å². The van der Waals surface area contributed by atoms with Gasteiger partial charge in [0.15, 0.2) is 0 Å². The smallest absolute Gasteiger partial charge is 0.364 e. The zero-order chi connectivity index (χ0) is 37.3. The Balaban J connectivity index is 2.75. The van der Waals surface area contributed by atoms with Crippen molar-refractivity contribution in [3.8, 4) is 0 Å². The van der Waals surface area contributed by atoms with Crippen molar-refractivity contribution >= 4 is 41.4 Å². The maximum atomic E-state index is 13.6. The summed E-state index contributed by atoms with van der Waals surface area (Å²) in [7, 11) is 0. The van der Waals surface area contributed by atoms with E-state index in [1.165, 1.54) is 18.7 Å². The van der Waals surface area contributed by atoms with Gasteiger partial charge in [-0.15, -0.1) is 0 Å². The summed E-state index contributed by atoms with van der Waals surface area (Å²) in [6, 6.07) is -4.63. The second-order valence-corrected chi connectivity index (χ2v) is 12.3. The number of unbranched alkanes of at least 4 members (excludes halogenated alkanes) is 1. The number of alkyl halides is 3. The predicted molar refractivity (Wildman–Crippen MR) is 170 cm³/mol. The molecular weight excluding hydrogens is 657 g/mol. The number of hydrogen-bond donors (Lipinski definition) is 7.